The summed E-state index contributed by atoms with van der Waals surface area (Å²) < 4.78 is 13.8. The fourth-order valence-corrected chi connectivity index (χ4v) is 4.46. The quantitative estimate of drug-likeness (QED) is 0.688. The average molecular weight is 376 g/mol. The third-order valence-corrected chi connectivity index (χ3v) is 6.40. The summed E-state index contributed by atoms with van der Waals surface area (Å²) in [6.07, 6.45) is 11.8. The molecule has 150 valence electrons. The van der Waals surface area contributed by atoms with Gasteiger partial charge in [-0.3, -0.25) is 9.48 Å². The molecule has 1 atom stereocenters. The number of carbonyl (C=O) groups excluding carboxylic acids is 1. The van der Waals surface area contributed by atoms with Gasteiger partial charge in [-0.05, 0) is 69.3 Å². The number of carbonyl (C=O) groups is 1. The molecule has 1 aliphatic carbocycles. The first-order chi connectivity index (χ1) is 13.1. The summed E-state index contributed by atoms with van der Waals surface area (Å²) in [5.74, 6) is 1.71. The van der Waals surface area contributed by atoms with E-state index in [2.05, 4.69) is 5.10 Å². The molecule has 1 aromatic rings. The molecule has 3 aliphatic rings. The highest BCUT2D eigenvalue weighted by Crippen LogP contribution is 2.39. The van der Waals surface area contributed by atoms with Gasteiger partial charge < -0.3 is 14.4 Å². The van der Waals surface area contributed by atoms with Gasteiger partial charge in [0.2, 0.25) is 5.91 Å². The predicted octanol–water partition coefficient (Wildman–Crippen LogP) is 2.80. The highest BCUT2D eigenvalue weighted by atomic mass is 16.5. The highest BCUT2D eigenvalue weighted by molar-refractivity contribution is 5.76. The second kappa shape index (κ2) is 8.31. The van der Waals surface area contributed by atoms with Crippen molar-refractivity contribution in [3.63, 3.8) is 0 Å². The SMILES string of the molecule is Cc1cnn(CC(=O)N2CCC3(CC2)CC(CCOCC2CC2)CCO3)c1. The van der Waals surface area contributed by atoms with Crippen LogP contribution in [0.4, 0.5) is 0 Å². The van der Waals surface area contributed by atoms with Crippen molar-refractivity contribution in [1.29, 1.82) is 0 Å². The third-order valence-electron chi connectivity index (χ3n) is 6.40. The standard InChI is InChI=1S/C21H33N3O3/c1-17-13-22-24(14-17)15-20(25)23-8-6-21(7-9-23)12-18(5-11-27-21)4-10-26-16-19-2-3-19/h13-14,18-19H,2-12,15-16H2,1H3. The summed E-state index contributed by atoms with van der Waals surface area (Å²) in [7, 11) is 0. The molecule has 2 aliphatic heterocycles. The van der Waals surface area contributed by atoms with Crippen LogP contribution in [0.5, 0.6) is 0 Å². The average Bonchev–Trinajstić information content (AvgIpc) is 3.40. The Morgan fingerprint density at radius 2 is 2.11 bits per heavy atom. The molecule has 1 saturated carbocycles. The summed E-state index contributed by atoms with van der Waals surface area (Å²) in [5.41, 5.74) is 1.07. The van der Waals surface area contributed by atoms with Gasteiger partial charge in [-0.15, -0.1) is 0 Å². The minimum atomic E-state index is -0.0154. The van der Waals surface area contributed by atoms with Crippen LogP contribution in [0, 0.1) is 18.8 Å². The van der Waals surface area contributed by atoms with Gasteiger partial charge in [-0.25, -0.2) is 0 Å². The molecule has 6 nitrogen and oxygen atoms in total. The van der Waals surface area contributed by atoms with E-state index in [1.807, 2.05) is 18.0 Å². The van der Waals surface area contributed by atoms with E-state index >= 15 is 0 Å². The van der Waals surface area contributed by atoms with Crippen molar-refractivity contribution < 1.29 is 14.3 Å². The van der Waals surface area contributed by atoms with Gasteiger partial charge in [-0.2, -0.15) is 5.10 Å². The molecule has 0 aromatic carbocycles. The first-order valence-corrected chi connectivity index (χ1v) is 10.6. The van der Waals surface area contributed by atoms with Crippen LogP contribution in [0.25, 0.3) is 0 Å². The number of amides is 1. The van der Waals surface area contributed by atoms with Crippen LogP contribution in [-0.2, 0) is 20.8 Å². The van der Waals surface area contributed by atoms with E-state index < -0.39 is 0 Å². The second-order valence-electron chi connectivity index (χ2n) is 8.79. The summed E-state index contributed by atoms with van der Waals surface area (Å²) in [4.78, 5) is 14.5. The number of aromatic nitrogens is 2. The maximum absolute atomic E-state index is 12.6. The smallest absolute Gasteiger partial charge is 0.244 e. The Labute approximate surface area is 162 Å². The summed E-state index contributed by atoms with van der Waals surface area (Å²) in [6, 6.07) is 0. The van der Waals surface area contributed by atoms with Crippen LogP contribution in [0.1, 0.15) is 50.5 Å². The minimum Gasteiger partial charge on any atom is -0.381 e. The molecule has 4 rings (SSSR count). The lowest BCUT2D eigenvalue weighted by atomic mass is 9.78. The van der Waals surface area contributed by atoms with Crippen LogP contribution < -0.4 is 0 Å². The molecule has 2 saturated heterocycles. The Bertz CT molecular complexity index is 632. The fraction of sp³-hybridized carbons (Fsp3) is 0.810. The van der Waals surface area contributed by atoms with E-state index in [4.69, 9.17) is 9.47 Å². The minimum absolute atomic E-state index is 0.0154. The van der Waals surface area contributed by atoms with Crippen LogP contribution >= 0.6 is 0 Å². The van der Waals surface area contributed by atoms with E-state index in [0.29, 0.717) is 12.5 Å². The number of piperidine rings is 1. The van der Waals surface area contributed by atoms with Crippen LogP contribution in [0.2, 0.25) is 0 Å². The molecule has 3 heterocycles. The second-order valence-corrected chi connectivity index (χ2v) is 8.79. The Hall–Kier alpha value is -1.40. The molecular formula is C21H33N3O3. The molecule has 0 bridgehead atoms. The molecule has 6 heteroatoms. The van der Waals surface area contributed by atoms with Crippen molar-refractivity contribution in [2.45, 2.75) is 64.0 Å². The molecular weight excluding hydrogens is 342 g/mol. The zero-order chi connectivity index (χ0) is 18.7. The fourth-order valence-electron chi connectivity index (χ4n) is 4.46. The van der Waals surface area contributed by atoms with E-state index in [9.17, 15) is 4.79 Å². The van der Waals surface area contributed by atoms with Gasteiger partial charge in [-0.1, -0.05) is 0 Å². The number of hydrogen-bond donors (Lipinski definition) is 0. The lowest BCUT2D eigenvalue weighted by molar-refractivity contribution is -0.148. The normalized spacial score (nSPS) is 25.1. The maximum Gasteiger partial charge on any atom is 0.244 e. The zero-order valence-electron chi connectivity index (χ0n) is 16.6. The Kier molecular flexibility index (Phi) is 5.83. The third kappa shape index (κ3) is 5.11. The highest BCUT2D eigenvalue weighted by Gasteiger charge is 2.41. The molecule has 0 N–H and O–H groups in total. The molecule has 27 heavy (non-hydrogen) atoms. The lowest BCUT2D eigenvalue weighted by Crippen LogP contribution is -2.51. The number of ether oxygens (including phenoxy) is 2. The lowest BCUT2D eigenvalue weighted by Gasteiger charge is -2.46. The van der Waals surface area contributed by atoms with Crippen molar-refractivity contribution in [3.8, 4) is 0 Å². The Morgan fingerprint density at radius 3 is 2.81 bits per heavy atom. The van der Waals surface area contributed by atoms with Gasteiger partial charge in [0.1, 0.15) is 6.54 Å². The van der Waals surface area contributed by atoms with Gasteiger partial charge in [0.15, 0.2) is 0 Å². The Balaban J connectivity index is 1.21. The number of rotatable bonds is 7. The summed E-state index contributed by atoms with van der Waals surface area (Å²) >= 11 is 0. The van der Waals surface area contributed by atoms with Crippen LogP contribution in [0.15, 0.2) is 12.4 Å². The molecule has 1 aromatic heterocycles. The van der Waals surface area contributed by atoms with Crippen molar-refractivity contribution in [2.24, 2.45) is 11.8 Å². The number of hydrogen-bond acceptors (Lipinski definition) is 4. The number of likely N-dealkylation sites (tertiary alicyclic amines) is 1. The van der Waals surface area contributed by atoms with Gasteiger partial charge in [0.05, 0.1) is 11.8 Å². The molecule has 1 unspecified atom stereocenters. The monoisotopic (exact) mass is 375 g/mol. The van der Waals surface area contributed by atoms with E-state index in [0.717, 1.165) is 76.5 Å². The number of aryl methyl sites for hydroxylation is 1. The first-order valence-electron chi connectivity index (χ1n) is 10.6. The maximum atomic E-state index is 12.6. The topological polar surface area (TPSA) is 56.6 Å². The van der Waals surface area contributed by atoms with Crippen molar-refractivity contribution in [3.05, 3.63) is 18.0 Å². The van der Waals surface area contributed by atoms with Gasteiger partial charge in [0, 0.05) is 39.1 Å². The van der Waals surface area contributed by atoms with E-state index in [-0.39, 0.29) is 11.5 Å². The van der Waals surface area contributed by atoms with Crippen molar-refractivity contribution in [1.82, 2.24) is 14.7 Å². The van der Waals surface area contributed by atoms with Crippen LogP contribution in [-0.4, -0.2) is 59.1 Å². The summed E-state index contributed by atoms with van der Waals surface area (Å²) in [6.45, 7) is 6.63. The Morgan fingerprint density at radius 1 is 1.30 bits per heavy atom. The van der Waals surface area contributed by atoms with E-state index in [1.54, 1.807) is 10.9 Å². The van der Waals surface area contributed by atoms with Gasteiger partial charge in [0.25, 0.3) is 0 Å². The first kappa shape index (κ1) is 18.9. The predicted molar refractivity (Wildman–Crippen MR) is 102 cm³/mol. The molecule has 1 amide bonds. The van der Waals surface area contributed by atoms with Gasteiger partial charge >= 0.3 is 0 Å². The zero-order valence-corrected chi connectivity index (χ0v) is 16.6. The van der Waals surface area contributed by atoms with E-state index in [1.165, 1.54) is 12.8 Å². The van der Waals surface area contributed by atoms with Crippen molar-refractivity contribution >= 4 is 5.91 Å². The summed E-state index contributed by atoms with van der Waals surface area (Å²) in [5, 5.41) is 4.23. The molecule has 0 radical (unpaired) electrons. The van der Waals surface area contributed by atoms with Crippen molar-refractivity contribution in [2.75, 3.05) is 32.9 Å². The molecule has 1 spiro atoms. The van der Waals surface area contributed by atoms with Crippen LogP contribution in [0.3, 0.4) is 0 Å². The largest absolute Gasteiger partial charge is 0.381 e. The number of nitrogens with zero attached hydrogens (tertiary/aromatic N) is 3. The molecule has 3 fully saturated rings.